The van der Waals surface area contributed by atoms with Gasteiger partial charge in [0.25, 0.3) is 5.56 Å². The minimum atomic E-state index is -0.613. The molecule has 8 heteroatoms. The van der Waals surface area contributed by atoms with E-state index < -0.39 is 5.60 Å². The zero-order valence-corrected chi connectivity index (χ0v) is 18.1. The van der Waals surface area contributed by atoms with E-state index in [4.69, 9.17) is 5.73 Å². The van der Waals surface area contributed by atoms with Crippen LogP contribution in [-0.2, 0) is 7.05 Å². The van der Waals surface area contributed by atoms with Crippen molar-refractivity contribution in [3.8, 4) is 11.1 Å². The molecule has 1 aromatic carbocycles. The molecule has 0 amide bonds. The number of nitrogens with two attached hydrogens (primary N) is 1. The third kappa shape index (κ3) is 4.39. The quantitative estimate of drug-likeness (QED) is 0.557. The Morgan fingerprint density at radius 2 is 1.90 bits per heavy atom. The normalized spacial score (nSPS) is 15.7. The highest BCUT2D eigenvalue weighted by Crippen LogP contribution is 2.28. The van der Waals surface area contributed by atoms with Gasteiger partial charge in [-0.3, -0.25) is 4.79 Å². The monoisotopic (exact) mass is 420 g/mol. The molecule has 8 nitrogen and oxygen atoms in total. The number of rotatable bonds is 4. The minimum absolute atomic E-state index is 0.158. The maximum atomic E-state index is 12.7. The van der Waals surface area contributed by atoms with E-state index in [1.807, 2.05) is 50.2 Å². The Labute approximate surface area is 181 Å². The Morgan fingerprint density at radius 3 is 2.58 bits per heavy atom. The number of nitrogen functional groups attached to an aromatic ring is 1. The van der Waals surface area contributed by atoms with Gasteiger partial charge in [0.2, 0.25) is 0 Å². The molecular weight excluding hydrogens is 392 g/mol. The molecule has 4 N–H and O–H groups in total. The molecule has 1 fully saturated rings. The van der Waals surface area contributed by atoms with Crippen LogP contribution in [0.25, 0.3) is 11.1 Å². The Hall–Kier alpha value is -3.39. The number of benzene rings is 1. The number of aromatic nitrogens is 3. The molecule has 0 spiro atoms. The van der Waals surface area contributed by atoms with Crippen molar-refractivity contribution in [3.05, 3.63) is 58.5 Å². The zero-order valence-electron chi connectivity index (χ0n) is 18.1. The van der Waals surface area contributed by atoms with Gasteiger partial charge in [0.15, 0.2) is 11.6 Å². The smallest absolute Gasteiger partial charge is 0.274 e. The molecule has 3 aromatic rings. The van der Waals surface area contributed by atoms with Gasteiger partial charge in [-0.25, -0.2) is 0 Å². The van der Waals surface area contributed by atoms with Crippen molar-refractivity contribution in [2.24, 2.45) is 7.05 Å². The summed E-state index contributed by atoms with van der Waals surface area (Å²) in [5, 5.41) is 21.8. The SMILES string of the molecule is Cc1c(N)cccc1-c1cc(Nc2ccc(N3CCC(C)(O)CC3)nn2)c(=O)n(C)c1. The van der Waals surface area contributed by atoms with Gasteiger partial charge in [-0.1, -0.05) is 12.1 Å². The van der Waals surface area contributed by atoms with E-state index in [0.29, 0.717) is 30.0 Å². The number of aryl methyl sites for hydroxylation is 1. The van der Waals surface area contributed by atoms with Crippen LogP contribution in [0, 0.1) is 6.92 Å². The Morgan fingerprint density at radius 1 is 1.16 bits per heavy atom. The van der Waals surface area contributed by atoms with Crippen molar-refractivity contribution in [2.45, 2.75) is 32.3 Å². The first kappa shape index (κ1) is 20.9. The Balaban J connectivity index is 1.57. The number of nitrogens with one attached hydrogen (secondary N) is 1. The summed E-state index contributed by atoms with van der Waals surface area (Å²) in [6.45, 7) is 5.29. The van der Waals surface area contributed by atoms with Crippen molar-refractivity contribution in [1.29, 1.82) is 0 Å². The van der Waals surface area contributed by atoms with Crippen LogP contribution in [0.4, 0.5) is 23.0 Å². The van der Waals surface area contributed by atoms with Crippen LogP contribution in [0.15, 0.2) is 47.4 Å². The van der Waals surface area contributed by atoms with E-state index in [-0.39, 0.29) is 5.56 Å². The Kier molecular flexibility index (Phi) is 5.41. The van der Waals surface area contributed by atoms with Gasteiger partial charge >= 0.3 is 0 Å². The van der Waals surface area contributed by atoms with Crippen LogP contribution in [0.1, 0.15) is 25.3 Å². The predicted molar refractivity (Wildman–Crippen MR) is 124 cm³/mol. The molecule has 1 saturated heterocycles. The average molecular weight is 421 g/mol. The maximum Gasteiger partial charge on any atom is 0.274 e. The lowest BCUT2D eigenvalue weighted by atomic mass is 9.94. The predicted octanol–water partition coefficient (Wildman–Crippen LogP) is 2.83. The van der Waals surface area contributed by atoms with Gasteiger partial charge in [0, 0.05) is 37.6 Å². The van der Waals surface area contributed by atoms with Crippen molar-refractivity contribution in [3.63, 3.8) is 0 Å². The number of hydrogen-bond donors (Lipinski definition) is 3. The lowest BCUT2D eigenvalue weighted by molar-refractivity contribution is 0.0350. The highest BCUT2D eigenvalue weighted by Gasteiger charge is 2.28. The highest BCUT2D eigenvalue weighted by molar-refractivity contribution is 5.75. The van der Waals surface area contributed by atoms with E-state index in [2.05, 4.69) is 20.4 Å². The fourth-order valence-electron chi connectivity index (χ4n) is 3.83. The molecule has 0 radical (unpaired) electrons. The first-order valence-electron chi connectivity index (χ1n) is 10.4. The lowest BCUT2D eigenvalue weighted by Gasteiger charge is -2.36. The van der Waals surface area contributed by atoms with Crippen LogP contribution in [0.2, 0.25) is 0 Å². The highest BCUT2D eigenvalue weighted by atomic mass is 16.3. The number of hydrogen-bond acceptors (Lipinski definition) is 7. The largest absolute Gasteiger partial charge is 0.398 e. The molecule has 31 heavy (non-hydrogen) atoms. The summed E-state index contributed by atoms with van der Waals surface area (Å²) in [4.78, 5) is 14.8. The van der Waals surface area contributed by atoms with Crippen molar-refractivity contribution in [2.75, 3.05) is 29.0 Å². The number of piperidine rings is 1. The standard InChI is InChI=1S/C23H28N6O2/c1-15-17(5-4-6-18(15)24)16-13-19(22(30)28(3)14-16)25-20-7-8-21(27-26-20)29-11-9-23(2,31)10-12-29/h4-8,13-14,31H,9-12,24H2,1-3H3,(H,25,26). The minimum Gasteiger partial charge on any atom is -0.398 e. The summed E-state index contributed by atoms with van der Waals surface area (Å²) in [5.74, 6) is 1.25. The summed E-state index contributed by atoms with van der Waals surface area (Å²) >= 11 is 0. The van der Waals surface area contributed by atoms with E-state index in [1.54, 1.807) is 17.8 Å². The fourth-order valence-corrected chi connectivity index (χ4v) is 3.83. The van der Waals surface area contributed by atoms with Crippen LogP contribution >= 0.6 is 0 Å². The molecule has 0 atom stereocenters. The van der Waals surface area contributed by atoms with Crippen LogP contribution in [0.5, 0.6) is 0 Å². The Bertz CT molecular complexity index is 1140. The van der Waals surface area contributed by atoms with Crippen LogP contribution in [-0.4, -0.2) is 38.6 Å². The van der Waals surface area contributed by atoms with Crippen molar-refractivity contribution in [1.82, 2.24) is 14.8 Å². The van der Waals surface area contributed by atoms with Gasteiger partial charge in [-0.2, -0.15) is 0 Å². The number of anilines is 4. The van der Waals surface area contributed by atoms with E-state index in [9.17, 15) is 9.90 Å². The first-order chi connectivity index (χ1) is 14.7. The third-order valence-electron chi connectivity index (χ3n) is 5.95. The molecule has 0 unspecified atom stereocenters. The zero-order chi connectivity index (χ0) is 22.2. The molecule has 3 heterocycles. The maximum absolute atomic E-state index is 12.7. The van der Waals surface area contributed by atoms with Gasteiger partial charge < -0.3 is 25.6 Å². The van der Waals surface area contributed by atoms with Crippen molar-refractivity contribution < 1.29 is 5.11 Å². The molecule has 1 aliphatic heterocycles. The molecule has 0 saturated carbocycles. The van der Waals surface area contributed by atoms with Gasteiger partial charge in [0.05, 0.1) is 5.60 Å². The fraction of sp³-hybridized carbons (Fsp3) is 0.348. The molecule has 0 bridgehead atoms. The molecule has 162 valence electrons. The lowest BCUT2D eigenvalue weighted by Crippen LogP contribution is -2.42. The summed E-state index contributed by atoms with van der Waals surface area (Å²) in [6, 6.07) is 11.3. The van der Waals surface area contributed by atoms with E-state index >= 15 is 0 Å². The molecular formula is C23H28N6O2. The van der Waals surface area contributed by atoms with Gasteiger partial charge in [-0.15, -0.1) is 10.2 Å². The topological polar surface area (TPSA) is 109 Å². The van der Waals surface area contributed by atoms with E-state index in [0.717, 1.165) is 35.6 Å². The summed E-state index contributed by atoms with van der Waals surface area (Å²) in [7, 11) is 1.72. The summed E-state index contributed by atoms with van der Waals surface area (Å²) in [6.07, 6.45) is 3.19. The molecule has 0 aliphatic carbocycles. The molecule has 4 rings (SSSR count). The second kappa shape index (κ2) is 8.03. The van der Waals surface area contributed by atoms with Gasteiger partial charge in [0.1, 0.15) is 5.69 Å². The first-order valence-corrected chi connectivity index (χ1v) is 10.4. The second-order valence-electron chi connectivity index (χ2n) is 8.46. The van der Waals surface area contributed by atoms with E-state index in [1.165, 1.54) is 0 Å². The van der Waals surface area contributed by atoms with Crippen LogP contribution in [0.3, 0.4) is 0 Å². The molecule has 2 aromatic heterocycles. The summed E-state index contributed by atoms with van der Waals surface area (Å²) < 4.78 is 1.54. The second-order valence-corrected chi connectivity index (χ2v) is 8.46. The number of pyridine rings is 1. The number of nitrogens with zero attached hydrogens (tertiary/aromatic N) is 4. The third-order valence-corrected chi connectivity index (χ3v) is 5.95. The average Bonchev–Trinajstić information content (AvgIpc) is 2.74. The van der Waals surface area contributed by atoms with Gasteiger partial charge in [-0.05, 0) is 62.1 Å². The summed E-state index contributed by atoms with van der Waals surface area (Å²) in [5.41, 5.74) is 9.24. The number of aliphatic hydroxyl groups is 1. The molecule has 1 aliphatic rings. The van der Waals surface area contributed by atoms with Crippen LogP contribution < -0.4 is 21.5 Å². The van der Waals surface area contributed by atoms with Crippen molar-refractivity contribution >= 4 is 23.0 Å².